The van der Waals surface area contributed by atoms with E-state index < -0.39 is 0 Å². The molecule has 1 heterocycles. The third-order valence-corrected chi connectivity index (χ3v) is 5.79. The van der Waals surface area contributed by atoms with Gasteiger partial charge in [-0.3, -0.25) is 4.79 Å². The fraction of sp³-hybridized carbons (Fsp3) is 0.0455. The SMILES string of the molecule is O=C(CSc1nnc(-c2ccccc2)c2ccccc12)Nc1cc(Cl)ccc1Cl. The zero-order chi connectivity index (χ0) is 20.2. The van der Waals surface area contributed by atoms with Gasteiger partial charge < -0.3 is 5.32 Å². The van der Waals surface area contributed by atoms with Gasteiger partial charge in [0.1, 0.15) is 10.7 Å². The summed E-state index contributed by atoms with van der Waals surface area (Å²) in [5.41, 5.74) is 2.31. The number of carbonyl (C=O) groups excluding carboxylic acids is 1. The van der Waals surface area contributed by atoms with Gasteiger partial charge in [0, 0.05) is 21.4 Å². The minimum atomic E-state index is -0.197. The predicted molar refractivity (Wildman–Crippen MR) is 121 cm³/mol. The fourth-order valence-electron chi connectivity index (χ4n) is 2.91. The number of thioether (sulfide) groups is 1. The molecular weight excluding hydrogens is 425 g/mol. The second-order valence-electron chi connectivity index (χ2n) is 6.23. The number of hydrogen-bond donors (Lipinski definition) is 1. The number of nitrogens with one attached hydrogen (secondary N) is 1. The number of aromatic nitrogens is 2. The molecule has 144 valence electrons. The van der Waals surface area contributed by atoms with Crippen molar-refractivity contribution in [1.29, 1.82) is 0 Å². The van der Waals surface area contributed by atoms with Crippen LogP contribution in [-0.2, 0) is 4.79 Å². The van der Waals surface area contributed by atoms with Gasteiger partial charge in [0.15, 0.2) is 0 Å². The lowest BCUT2D eigenvalue weighted by Gasteiger charge is -2.10. The van der Waals surface area contributed by atoms with Crippen molar-refractivity contribution < 1.29 is 4.79 Å². The minimum Gasteiger partial charge on any atom is -0.324 e. The van der Waals surface area contributed by atoms with Crippen LogP contribution in [0.3, 0.4) is 0 Å². The highest BCUT2D eigenvalue weighted by atomic mass is 35.5. The first-order valence-electron chi connectivity index (χ1n) is 8.80. The molecule has 0 bridgehead atoms. The number of rotatable bonds is 5. The topological polar surface area (TPSA) is 54.9 Å². The quantitative estimate of drug-likeness (QED) is 0.368. The van der Waals surface area contributed by atoms with Crippen LogP contribution in [0.1, 0.15) is 0 Å². The Balaban J connectivity index is 1.56. The highest BCUT2D eigenvalue weighted by Gasteiger charge is 2.13. The molecule has 0 atom stereocenters. The van der Waals surface area contributed by atoms with Crippen LogP contribution in [0.15, 0.2) is 77.8 Å². The zero-order valence-electron chi connectivity index (χ0n) is 15.1. The Morgan fingerprint density at radius 2 is 1.62 bits per heavy atom. The van der Waals surface area contributed by atoms with Crippen LogP contribution >= 0.6 is 35.0 Å². The summed E-state index contributed by atoms with van der Waals surface area (Å²) < 4.78 is 0. The smallest absolute Gasteiger partial charge is 0.234 e. The van der Waals surface area contributed by atoms with E-state index in [0.29, 0.717) is 20.8 Å². The van der Waals surface area contributed by atoms with Crippen LogP contribution in [0.4, 0.5) is 5.69 Å². The van der Waals surface area contributed by atoms with E-state index in [1.54, 1.807) is 18.2 Å². The molecule has 0 unspecified atom stereocenters. The lowest BCUT2D eigenvalue weighted by Crippen LogP contribution is -2.14. The molecule has 1 amide bonds. The van der Waals surface area contributed by atoms with Crippen LogP contribution < -0.4 is 5.32 Å². The lowest BCUT2D eigenvalue weighted by molar-refractivity contribution is -0.113. The van der Waals surface area contributed by atoms with Gasteiger partial charge in [0.05, 0.1) is 16.5 Å². The summed E-state index contributed by atoms with van der Waals surface area (Å²) in [7, 11) is 0. The largest absolute Gasteiger partial charge is 0.324 e. The van der Waals surface area contributed by atoms with Crippen molar-refractivity contribution in [2.45, 2.75) is 5.03 Å². The summed E-state index contributed by atoms with van der Waals surface area (Å²) in [4.78, 5) is 12.4. The second kappa shape index (κ2) is 8.82. The maximum atomic E-state index is 12.4. The zero-order valence-corrected chi connectivity index (χ0v) is 17.4. The summed E-state index contributed by atoms with van der Waals surface area (Å²) in [6, 6.07) is 22.8. The van der Waals surface area contributed by atoms with Crippen LogP contribution in [-0.4, -0.2) is 21.9 Å². The maximum absolute atomic E-state index is 12.4. The van der Waals surface area contributed by atoms with Gasteiger partial charge in [-0.15, -0.1) is 10.2 Å². The molecule has 0 aliphatic heterocycles. The van der Waals surface area contributed by atoms with Crippen LogP contribution in [0, 0.1) is 0 Å². The van der Waals surface area contributed by atoms with Crippen molar-refractivity contribution in [2.24, 2.45) is 0 Å². The molecule has 0 saturated carbocycles. The molecule has 7 heteroatoms. The Kier molecular flexibility index (Phi) is 6.00. The van der Waals surface area contributed by atoms with Crippen molar-refractivity contribution in [2.75, 3.05) is 11.1 Å². The van der Waals surface area contributed by atoms with Crippen molar-refractivity contribution >= 4 is 57.3 Å². The molecule has 4 aromatic rings. The lowest BCUT2D eigenvalue weighted by atomic mass is 10.1. The van der Waals surface area contributed by atoms with E-state index in [-0.39, 0.29) is 11.7 Å². The van der Waals surface area contributed by atoms with Gasteiger partial charge >= 0.3 is 0 Å². The van der Waals surface area contributed by atoms with Gasteiger partial charge in [-0.25, -0.2) is 0 Å². The van der Waals surface area contributed by atoms with Crippen LogP contribution in [0.2, 0.25) is 10.0 Å². The number of benzene rings is 3. The van der Waals surface area contributed by atoms with Crippen molar-refractivity contribution in [3.8, 4) is 11.3 Å². The van der Waals surface area contributed by atoms with E-state index in [9.17, 15) is 4.79 Å². The molecule has 3 aromatic carbocycles. The van der Waals surface area contributed by atoms with Gasteiger partial charge in [-0.1, -0.05) is 89.6 Å². The molecule has 29 heavy (non-hydrogen) atoms. The summed E-state index contributed by atoms with van der Waals surface area (Å²) in [6.45, 7) is 0. The third-order valence-electron chi connectivity index (χ3n) is 4.24. The average Bonchev–Trinajstić information content (AvgIpc) is 2.75. The molecule has 0 fully saturated rings. The number of halogens is 2. The monoisotopic (exact) mass is 439 g/mol. The number of amides is 1. The Bertz CT molecular complexity index is 1190. The van der Waals surface area contributed by atoms with E-state index in [0.717, 1.165) is 22.0 Å². The molecule has 1 aromatic heterocycles. The minimum absolute atomic E-state index is 0.173. The highest BCUT2D eigenvalue weighted by Crippen LogP contribution is 2.32. The van der Waals surface area contributed by atoms with E-state index in [2.05, 4.69) is 15.5 Å². The Morgan fingerprint density at radius 3 is 2.41 bits per heavy atom. The van der Waals surface area contributed by atoms with Crippen LogP contribution in [0.25, 0.3) is 22.0 Å². The molecule has 0 spiro atoms. The number of fused-ring (bicyclic) bond motifs is 1. The standard InChI is InChI=1S/C22H15Cl2N3OS/c23-15-10-11-18(24)19(12-15)25-20(28)13-29-22-17-9-5-4-8-16(17)21(26-27-22)14-6-2-1-3-7-14/h1-12H,13H2,(H,25,28). The van der Waals surface area contributed by atoms with E-state index in [1.807, 2.05) is 54.6 Å². The molecule has 0 aliphatic rings. The van der Waals surface area contributed by atoms with E-state index >= 15 is 0 Å². The normalized spacial score (nSPS) is 10.8. The Morgan fingerprint density at radius 1 is 0.897 bits per heavy atom. The summed E-state index contributed by atoms with van der Waals surface area (Å²) >= 11 is 13.4. The van der Waals surface area contributed by atoms with Crippen LogP contribution in [0.5, 0.6) is 0 Å². The molecule has 0 saturated heterocycles. The average molecular weight is 440 g/mol. The van der Waals surface area contributed by atoms with Gasteiger partial charge in [0.2, 0.25) is 5.91 Å². The number of carbonyl (C=O) groups is 1. The maximum Gasteiger partial charge on any atom is 0.234 e. The second-order valence-corrected chi connectivity index (χ2v) is 8.03. The summed E-state index contributed by atoms with van der Waals surface area (Å²) in [6.07, 6.45) is 0. The first kappa shape index (κ1) is 19.7. The van der Waals surface area contributed by atoms with E-state index in [4.69, 9.17) is 23.2 Å². The van der Waals surface area contributed by atoms with Crippen molar-refractivity contribution in [3.05, 3.63) is 82.8 Å². The number of hydrogen-bond acceptors (Lipinski definition) is 4. The third kappa shape index (κ3) is 4.53. The molecule has 1 N–H and O–H groups in total. The fourth-order valence-corrected chi connectivity index (χ4v) is 4.02. The van der Waals surface area contributed by atoms with E-state index in [1.165, 1.54) is 11.8 Å². The number of anilines is 1. The van der Waals surface area contributed by atoms with Crippen molar-refractivity contribution in [3.63, 3.8) is 0 Å². The summed E-state index contributed by atoms with van der Waals surface area (Å²) in [5, 5.41) is 15.2. The molecule has 4 rings (SSSR count). The summed E-state index contributed by atoms with van der Waals surface area (Å²) in [5.74, 6) is -0.0242. The molecule has 0 radical (unpaired) electrons. The predicted octanol–water partition coefficient (Wildman–Crippen LogP) is 6.33. The van der Waals surface area contributed by atoms with Gasteiger partial charge in [0.25, 0.3) is 0 Å². The Labute approximate surface area is 182 Å². The van der Waals surface area contributed by atoms with Gasteiger partial charge in [-0.05, 0) is 18.2 Å². The highest BCUT2D eigenvalue weighted by molar-refractivity contribution is 8.00. The molecule has 4 nitrogen and oxygen atoms in total. The first-order chi connectivity index (χ1) is 14.1. The first-order valence-corrected chi connectivity index (χ1v) is 10.5. The molecular formula is C22H15Cl2N3OS. The van der Waals surface area contributed by atoms with Crippen molar-refractivity contribution in [1.82, 2.24) is 10.2 Å². The Hall–Kier alpha value is -2.60. The molecule has 0 aliphatic carbocycles. The number of nitrogens with zero attached hydrogens (tertiary/aromatic N) is 2. The van der Waals surface area contributed by atoms with Gasteiger partial charge in [-0.2, -0.15) is 0 Å².